The Kier molecular flexibility index (Phi) is 5.50. The van der Waals surface area contributed by atoms with Crippen molar-refractivity contribution in [3.05, 3.63) is 70.7 Å². The average Bonchev–Trinajstić information content (AvgIpc) is 3.20. The number of anilines is 1. The van der Waals surface area contributed by atoms with Crippen LogP contribution in [0.25, 0.3) is 0 Å². The van der Waals surface area contributed by atoms with Crippen LogP contribution in [0.15, 0.2) is 69.3 Å². The van der Waals surface area contributed by atoms with Gasteiger partial charge in [0.2, 0.25) is 16.6 Å². The molecular formula is C21H15ClN2O6S2. The zero-order valence-corrected chi connectivity index (χ0v) is 18.9. The molecule has 32 heavy (non-hydrogen) atoms. The number of hydrogen-bond donors (Lipinski definition) is 1. The van der Waals surface area contributed by atoms with E-state index in [2.05, 4.69) is 4.72 Å². The average molecular weight is 491 g/mol. The van der Waals surface area contributed by atoms with Crippen LogP contribution in [0.3, 0.4) is 0 Å². The van der Waals surface area contributed by atoms with E-state index < -0.39 is 19.9 Å². The molecule has 0 aromatic heterocycles. The maximum atomic E-state index is 13.1. The number of ether oxygens (including phenoxy) is 2. The summed E-state index contributed by atoms with van der Waals surface area (Å²) in [4.78, 5) is -0.462. The van der Waals surface area contributed by atoms with E-state index in [4.69, 9.17) is 21.1 Å². The van der Waals surface area contributed by atoms with Gasteiger partial charge in [0.05, 0.1) is 25.9 Å². The van der Waals surface area contributed by atoms with Gasteiger partial charge in [-0.25, -0.2) is 16.8 Å². The number of nitrogens with zero attached hydrogens (tertiary/aromatic N) is 1. The van der Waals surface area contributed by atoms with Gasteiger partial charge < -0.3 is 9.47 Å². The molecular weight excluding hydrogens is 476 g/mol. The molecule has 1 heterocycles. The fourth-order valence-electron chi connectivity index (χ4n) is 3.11. The summed E-state index contributed by atoms with van der Waals surface area (Å²) in [7, 11) is -8.24. The summed E-state index contributed by atoms with van der Waals surface area (Å²) in [6.45, 7) is 1.50. The van der Waals surface area contributed by atoms with Crippen molar-refractivity contribution >= 4 is 37.1 Å². The third-order valence-corrected chi connectivity index (χ3v) is 8.29. The van der Waals surface area contributed by atoms with Crippen LogP contribution in [0.1, 0.15) is 11.1 Å². The van der Waals surface area contributed by atoms with Crippen LogP contribution in [0.2, 0.25) is 5.02 Å². The Morgan fingerprint density at radius 2 is 1.56 bits per heavy atom. The van der Waals surface area contributed by atoms with Crippen molar-refractivity contribution in [1.29, 1.82) is 5.26 Å². The summed E-state index contributed by atoms with van der Waals surface area (Å²) in [5, 5.41) is 9.77. The number of halogens is 1. The largest absolute Gasteiger partial charge is 0.454 e. The van der Waals surface area contributed by atoms with Crippen LogP contribution < -0.4 is 14.2 Å². The van der Waals surface area contributed by atoms with E-state index >= 15 is 0 Å². The molecule has 3 aromatic carbocycles. The molecule has 8 nitrogen and oxygen atoms in total. The second kappa shape index (κ2) is 8.02. The van der Waals surface area contributed by atoms with Gasteiger partial charge in [0.25, 0.3) is 10.0 Å². The molecule has 164 valence electrons. The highest BCUT2D eigenvalue weighted by Crippen LogP contribution is 2.38. The maximum absolute atomic E-state index is 13.1. The van der Waals surface area contributed by atoms with Crippen molar-refractivity contribution in [2.45, 2.75) is 21.6 Å². The fourth-order valence-corrected chi connectivity index (χ4v) is 5.94. The molecule has 3 aromatic rings. The minimum absolute atomic E-state index is 0.0119. The topological polar surface area (TPSA) is 123 Å². The molecule has 0 unspecified atom stereocenters. The summed E-state index contributed by atoms with van der Waals surface area (Å²) in [6.07, 6.45) is 0. The summed E-state index contributed by atoms with van der Waals surface area (Å²) in [5.41, 5.74) is 0.342. The summed E-state index contributed by atoms with van der Waals surface area (Å²) in [5.74, 6) is 0.620. The third-order valence-electron chi connectivity index (χ3n) is 4.76. The molecule has 0 saturated carbocycles. The lowest BCUT2D eigenvalue weighted by Crippen LogP contribution is -2.16. The van der Waals surface area contributed by atoms with Gasteiger partial charge in [-0.05, 0) is 48.9 Å². The van der Waals surface area contributed by atoms with Gasteiger partial charge in [-0.1, -0.05) is 17.7 Å². The minimum atomic E-state index is -4.25. The first-order valence-corrected chi connectivity index (χ1v) is 12.4. The van der Waals surface area contributed by atoms with Gasteiger partial charge >= 0.3 is 0 Å². The smallest absolute Gasteiger partial charge is 0.262 e. The van der Waals surface area contributed by atoms with E-state index in [0.717, 1.165) is 6.07 Å². The zero-order chi connectivity index (χ0) is 23.1. The van der Waals surface area contributed by atoms with Gasteiger partial charge in [-0.3, -0.25) is 4.72 Å². The fraction of sp³-hybridized carbons (Fsp3) is 0.0952. The van der Waals surface area contributed by atoms with Crippen LogP contribution in [0.5, 0.6) is 11.5 Å². The van der Waals surface area contributed by atoms with Gasteiger partial charge in [0.15, 0.2) is 11.5 Å². The standard InChI is InChI=1S/C21H15ClN2O6S2/c1-13-2-5-17(31(25,26)16-6-3-15(22)4-7-16)9-21(13)32(27,28)24-18-10-20-19(29-12-30-20)8-14(18)11-23/h2-10,24H,12H2,1H3. The van der Waals surface area contributed by atoms with Crippen molar-refractivity contribution in [2.75, 3.05) is 11.5 Å². The normalized spacial score (nSPS) is 12.9. The Bertz CT molecular complexity index is 1480. The van der Waals surface area contributed by atoms with Crippen LogP contribution in [-0.4, -0.2) is 23.6 Å². The second-order valence-corrected chi connectivity index (χ2v) is 10.9. The van der Waals surface area contributed by atoms with Crippen LogP contribution in [0, 0.1) is 18.3 Å². The van der Waals surface area contributed by atoms with Crippen LogP contribution in [-0.2, 0) is 19.9 Å². The van der Waals surface area contributed by atoms with Gasteiger partial charge in [0, 0.05) is 17.2 Å². The van der Waals surface area contributed by atoms with E-state index in [1.165, 1.54) is 55.5 Å². The molecule has 1 aliphatic heterocycles. The number of rotatable bonds is 5. The van der Waals surface area contributed by atoms with E-state index in [-0.39, 0.29) is 38.5 Å². The lowest BCUT2D eigenvalue weighted by atomic mass is 10.2. The van der Waals surface area contributed by atoms with Crippen molar-refractivity contribution in [2.24, 2.45) is 0 Å². The first-order valence-electron chi connectivity index (χ1n) is 9.10. The first kappa shape index (κ1) is 22.0. The number of sulfonamides is 1. The van der Waals surface area contributed by atoms with Crippen molar-refractivity contribution in [1.82, 2.24) is 0 Å². The number of aryl methyl sites for hydroxylation is 1. The second-order valence-electron chi connectivity index (χ2n) is 6.85. The Hall–Kier alpha value is -3.26. The molecule has 4 rings (SSSR count). The molecule has 0 amide bonds. The summed E-state index contributed by atoms with van der Waals surface area (Å²) in [6, 6.07) is 14.0. The third kappa shape index (κ3) is 3.98. The lowest BCUT2D eigenvalue weighted by Gasteiger charge is -2.14. The molecule has 0 atom stereocenters. The quantitative estimate of drug-likeness (QED) is 0.575. The summed E-state index contributed by atoms with van der Waals surface area (Å²) >= 11 is 5.83. The van der Waals surface area contributed by atoms with Crippen molar-refractivity contribution < 1.29 is 26.3 Å². The van der Waals surface area contributed by atoms with E-state index in [1.54, 1.807) is 0 Å². The van der Waals surface area contributed by atoms with Gasteiger partial charge in [0.1, 0.15) is 6.07 Å². The highest BCUT2D eigenvalue weighted by atomic mass is 35.5. The number of sulfone groups is 1. The summed E-state index contributed by atoms with van der Waals surface area (Å²) < 4.78 is 65.1. The molecule has 0 radical (unpaired) electrons. The molecule has 0 fully saturated rings. The van der Waals surface area contributed by atoms with Crippen molar-refractivity contribution in [3.8, 4) is 17.6 Å². The number of fused-ring (bicyclic) bond motifs is 1. The predicted octanol–water partition coefficient (Wildman–Crippen LogP) is 3.88. The molecule has 11 heteroatoms. The highest BCUT2D eigenvalue weighted by Gasteiger charge is 2.25. The number of nitrogens with one attached hydrogen (secondary N) is 1. The molecule has 0 spiro atoms. The lowest BCUT2D eigenvalue weighted by molar-refractivity contribution is 0.174. The molecule has 1 aliphatic rings. The van der Waals surface area contributed by atoms with E-state index in [0.29, 0.717) is 16.3 Å². The number of hydrogen-bond acceptors (Lipinski definition) is 7. The Morgan fingerprint density at radius 1 is 0.938 bits per heavy atom. The zero-order valence-electron chi connectivity index (χ0n) is 16.5. The Morgan fingerprint density at radius 3 is 2.22 bits per heavy atom. The van der Waals surface area contributed by atoms with Gasteiger partial charge in [-0.2, -0.15) is 5.26 Å². The number of benzene rings is 3. The molecule has 0 aliphatic carbocycles. The molecule has 0 bridgehead atoms. The SMILES string of the molecule is Cc1ccc(S(=O)(=O)c2ccc(Cl)cc2)cc1S(=O)(=O)Nc1cc2c(cc1C#N)OCO2. The van der Waals surface area contributed by atoms with E-state index in [9.17, 15) is 22.1 Å². The predicted molar refractivity (Wildman–Crippen MR) is 116 cm³/mol. The van der Waals surface area contributed by atoms with Crippen LogP contribution in [0.4, 0.5) is 5.69 Å². The highest BCUT2D eigenvalue weighted by molar-refractivity contribution is 7.93. The maximum Gasteiger partial charge on any atom is 0.262 e. The number of nitriles is 1. The van der Waals surface area contributed by atoms with E-state index in [1.807, 2.05) is 6.07 Å². The van der Waals surface area contributed by atoms with Crippen LogP contribution >= 0.6 is 11.6 Å². The minimum Gasteiger partial charge on any atom is -0.454 e. The first-order chi connectivity index (χ1) is 15.1. The Labute approximate surface area is 189 Å². The molecule has 0 saturated heterocycles. The van der Waals surface area contributed by atoms with Gasteiger partial charge in [-0.15, -0.1) is 0 Å². The molecule has 1 N–H and O–H groups in total. The van der Waals surface area contributed by atoms with Crippen molar-refractivity contribution in [3.63, 3.8) is 0 Å². The Balaban J connectivity index is 1.76. The monoisotopic (exact) mass is 490 g/mol.